The number of primary amides is 1. The van der Waals surface area contributed by atoms with Gasteiger partial charge in [-0.05, 0) is 0 Å². The molecule has 0 saturated heterocycles. The number of amides is 1. The number of hydrogen-bond donors (Lipinski definition) is 3. The van der Waals surface area contributed by atoms with Crippen molar-refractivity contribution in [2.45, 2.75) is 12.8 Å². The van der Waals surface area contributed by atoms with Crippen molar-refractivity contribution in [2.75, 3.05) is 0 Å². The molecule has 14 heavy (non-hydrogen) atoms. The normalized spacial score (nSPS) is 10.0. The highest BCUT2D eigenvalue weighted by Crippen LogP contribution is 2.21. The van der Waals surface area contributed by atoms with E-state index in [2.05, 4.69) is 0 Å². The van der Waals surface area contributed by atoms with Gasteiger partial charge in [-0.1, -0.05) is 0 Å². The second-order valence-corrected chi connectivity index (χ2v) is 2.75. The minimum atomic E-state index is -0.607. The third-order valence-electron chi connectivity index (χ3n) is 1.67. The summed E-state index contributed by atoms with van der Waals surface area (Å²) in [7, 11) is 0. The van der Waals surface area contributed by atoms with Gasteiger partial charge in [-0.15, -0.1) is 0 Å². The molecule has 6 heteroatoms. The first kappa shape index (κ1) is 10.1. The van der Waals surface area contributed by atoms with E-state index >= 15 is 0 Å². The van der Waals surface area contributed by atoms with Gasteiger partial charge in [0.2, 0.25) is 23.6 Å². The average molecular weight is 198 g/mol. The monoisotopic (exact) mass is 198 g/mol. The van der Waals surface area contributed by atoms with Crippen LogP contribution < -0.4 is 5.73 Å². The van der Waals surface area contributed by atoms with Crippen LogP contribution in [0.5, 0.6) is 11.8 Å². The molecule has 76 valence electrons. The lowest BCUT2D eigenvalue weighted by molar-refractivity contribution is -0.118. The van der Waals surface area contributed by atoms with Crippen LogP contribution in [0, 0.1) is 0 Å². The van der Waals surface area contributed by atoms with Crippen LogP contribution in [0.15, 0.2) is 12.1 Å². The molecule has 1 heterocycles. The smallest absolute Gasteiger partial charge is 0.236 e. The van der Waals surface area contributed by atoms with Gasteiger partial charge in [-0.3, -0.25) is 9.59 Å². The van der Waals surface area contributed by atoms with Crippen molar-refractivity contribution in [3.05, 3.63) is 12.1 Å². The quantitative estimate of drug-likeness (QED) is 0.625. The number of nitrogens with zero attached hydrogens (tertiary/aromatic N) is 1. The fourth-order valence-electron chi connectivity index (χ4n) is 1.01. The Kier molecular flexibility index (Phi) is 2.76. The zero-order valence-electron chi connectivity index (χ0n) is 7.30. The van der Waals surface area contributed by atoms with Gasteiger partial charge < -0.3 is 15.9 Å². The van der Waals surface area contributed by atoms with E-state index < -0.39 is 11.8 Å². The topological polar surface area (TPSA) is 106 Å². The molecular formula is C8H10N2O4. The van der Waals surface area contributed by atoms with Crippen LogP contribution in [0.3, 0.4) is 0 Å². The summed E-state index contributed by atoms with van der Waals surface area (Å²) in [6.45, 7) is 0. The summed E-state index contributed by atoms with van der Waals surface area (Å²) in [6, 6.07) is 2.36. The number of aromatic nitrogens is 1. The molecule has 0 radical (unpaired) electrons. The summed E-state index contributed by atoms with van der Waals surface area (Å²) in [6.07, 6.45) is -0.263. The van der Waals surface area contributed by atoms with Crippen LogP contribution in [0.2, 0.25) is 0 Å². The van der Waals surface area contributed by atoms with Crippen molar-refractivity contribution < 1.29 is 19.8 Å². The van der Waals surface area contributed by atoms with Gasteiger partial charge in [-0.2, -0.15) is 0 Å². The van der Waals surface area contributed by atoms with E-state index in [1.54, 1.807) is 0 Å². The van der Waals surface area contributed by atoms with E-state index in [0.29, 0.717) is 4.57 Å². The first-order valence-corrected chi connectivity index (χ1v) is 3.93. The van der Waals surface area contributed by atoms with E-state index in [0.717, 1.165) is 0 Å². The van der Waals surface area contributed by atoms with E-state index in [9.17, 15) is 9.59 Å². The Labute approximate surface area is 79.6 Å². The lowest BCUT2D eigenvalue weighted by atomic mass is 10.3. The van der Waals surface area contributed by atoms with Gasteiger partial charge in [-0.25, -0.2) is 4.57 Å². The van der Waals surface area contributed by atoms with Gasteiger partial charge in [0.05, 0.1) is 0 Å². The van der Waals surface area contributed by atoms with Crippen LogP contribution in [0.1, 0.15) is 17.6 Å². The number of nitrogens with two attached hydrogens (primary N) is 1. The van der Waals surface area contributed by atoms with E-state index in [-0.39, 0.29) is 24.6 Å². The predicted octanol–water partition coefficient (Wildman–Crippen LogP) is -0.195. The molecule has 1 aromatic heterocycles. The average Bonchev–Trinajstić information content (AvgIpc) is 2.42. The second kappa shape index (κ2) is 3.82. The Bertz CT molecular complexity index is 350. The molecule has 1 aromatic rings. The molecule has 0 unspecified atom stereocenters. The van der Waals surface area contributed by atoms with Crippen molar-refractivity contribution in [3.63, 3.8) is 0 Å². The van der Waals surface area contributed by atoms with Gasteiger partial charge >= 0.3 is 0 Å². The van der Waals surface area contributed by atoms with Crippen molar-refractivity contribution in [1.82, 2.24) is 4.57 Å². The van der Waals surface area contributed by atoms with Crippen molar-refractivity contribution >= 4 is 11.8 Å². The first-order chi connectivity index (χ1) is 6.52. The molecular weight excluding hydrogens is 188 g/mol. The van der Waals surface area contributed by atoms with Crippen LogP contribution >= 0.6 is 0 Å². The number of hydrogen-bond acceptors (Lipinski definition) is 4. The molecule has 0 saturated carbocycles. The fraction of sp³-hybridized carbons (Fsp3) is 0.250. The molecule has 0 atom stereocenters. The maximum Gasteiger partial charge on any atom is 0.236 e. The zero-order valence-corrected chi connectivity index (χ0v) is 7.30. The molecule has 4 N–H and O–H groups in total. The molecule has 0 aromatic carbocycles. The van der Waals surface area contributed by atoms with Crippen molar-refractivity contribution in [2.24, 2.45) is 5.73 Å². The lowest BCUT2D eigenvalue weighted by Crippen LogP contribution is -2.16. The summed E-state index contributed by atoms with van der Waals surface area (Å²) in [5.74, 6) is -1.91. The molecule has 0 spiro atoms. The Morgan fingerprint density at radius 3 is 2.14 bits per heavy atom. The van der Waals surface area contributed by atoms with Crippen LogP contribution in [0.25, 0.3) is 0 Å². The molecule has 0 aliphatic rings. The van der Waals surface area contributed by atoms with E-state index in [1.165, 1.54) is 12.1 Å². The molecule has 0 bridgehead atoms. The molecule has 0 aliphatic heterocycles. The summed E-state index contributed by atoms with van der Waals surface area (Å²) in [5, 5.41) is 18.3. The Morgan fingerprint density at radius 1 is 1.21 bits per heavy atom. The second-order valence-electron chi connectivity index (χ2n) is 2.75. The van der Waals surface area contributed by atoms with Crippen LogP contribution in [-0.4, -0.2) is 26.6 Å². The van der Waals surface area contributed by atoms with E-state index in [4.69, 9.17) is 15.9 Å². The predicted molar refractivity (Wildman–Crippen MR) is 46.8 cm³/mol. The number of rotatable bonds is 3. The summed E-state index contributed by atoms with van der Waals surface area (Å²) < 4.78 is 0.711. The molecule has 1 rings (SSSR count). The third kappa shape index (κ3) is 2.03. The highest BCUT2D eigenvalue weighted by Gasteiger charge is 2.14. The van der Waals surface area contributed by atoms with Crippen molar-refractivity contribution in [3.8, 4) is 11.8 Å². The third-order valence-corrected chi connectivity index (χ3v) is 1.67. The van der Waals surface area contributed by atoms with Crippen LogP contribution in [0.4, 0.5) is 0 Å². The van der Waals surface area contributed by atoms with Crippen molar-refractivity contribution in [1.29, 1.82) is 0 Å². The zero-order chi connectivity index (χ0) is 10.7. The number of carbonyl (C=O) groups excluding carboxylic acids is 2. The number of aromatic hydroxyl groups is 2. The maximum absolute atomic E-state index is 11.3. The van der Waals surface area contributed by atoms with Crippen LogP contribution in [-0.2, 0) is 4.79 Å². The Balaban J connectivity index is 2.74. The minimum Gasteiger partial charge on any atom is -0.494 e. The molecule has 6 nitrogen and oxygen atoms in total. The highest BCUT2D eigenvalue weighted by molar-refractivity contribution is 5.86. The molecule has 0 fully saturated rings. The van der Waals surface area contributed by atoms with Gasteiger partial charge in [0, 0.05) is 25.0 Å². The van der Waals surface area contributed by atoms with Gasteiger partial charge in [0.1, 0.15) is 0 Å². The Morgan fingerprint density at radius 2 is 1.71 bits per heavy atom. The minimum absolute atomic E-state index is 0.115. The molecule has 0 aliphatic carbocycles. The fourth-order valence-corrected chi connectivity index (χ4v) is 1.01. The van der Waals surface area contributed by atoms with Gasteiger partial charge in [0.25, 0.3) is 0 Å². The SMILES string of the molecule is NC(=O)CCC(=O)n1c(O)ccc1O. The summed E-state index contributed by atoms with van der Waals surface area (Å²) >= 11 is 0. The lowest BCUT2D eigenvalue weighted by Gasteiger charge is -2.03. The molecule has 1 amide bonds. The first-order valence-electron chi connectivity index (χ1n) is 3.93. The van der Waals surface area contributed by atoms with E-state index in [1.807, 2.05) is 0 Å². The largest absolute Gasteiger partial charge is 0.494 e. The Hall–Kier alpha value is -1.98. The highest BCUT2D eigenvalue weighted by atomic mass is 16.3. The summed E-state index contributed by atoms with van der Waals surface area (Å²) in [5.41, 5.74) is 4.84. The maximum atomic E-state index is 11.3. The number of carbonyl (C=O) groups is 2. The van der Waals surface area contributed by atoms with Gasteiger partial charge in [0.15, 0.2) is 0 Å². The summed E-state index contributed by atoms with van der Waals surface area (Å²) in [4.78, 5) is 21.7. The standard InChI is InChI=1S/C8H10N2O4/c9-5(11)1-2-6(12)10-7(13)3-4-8(10)14/h3-4,13-14H,1-2H2,(H2,9,11).